The predicted molar refractivity (Wildman–Crippen MR) is 105 cm³/mol. The molecule has 3 aromatic rings. The van der Waals surface area contributed by atoms with Crippen molar-refractivity contribution >= 4 is 27.1 Å². The first-order valence-corrected chi connectivity index (χ1v) is 9.20. The van der Waals surface area contributed by atoms with E-state index in [2.05, 4.69) is 39.7 Å². The molecule has 0 fully saturated rings. The van der Waals surface area contributed by atoms with Crippen LogP contribution in [0, 0.1) is 0 Å². The Bertz CT molecular complexity index is 723. The van der Waals surface area contributed by atoms with Gasteiger partial charge in [0.2, 0.25) is 0 Å². The molecule has 0 aliphatic rings. The SMILES string of the molecule is CC.CCC.CCOc1ccc(-n2cnc3cc(Br)cnc32)cc1. The Hall–Kier alpha value is -1.88. The Labute approximate surface area is 153 Å². The number of aromatic nitrogens is 3. The molecule has 0 bridgehead atoms. The third-order valence-corrected chi connectivity index (χ3v) is 3.21. The lowest BCUT2D eigenvalue weighted by Crippen LogP contribution is -1.95. The van der Waals surface area contributed by atoms with Crippen molar-refractivity contribution < 1.29 is 4.74 Å². The Morgan fingerprint density at radius 3 is 2.25 bits per heavy atom. The van der Waals surface area contributed by atoms with Crippen molar-refractivity contribution in [3.63, 3.8) is 0 Å². The molecule has 2 heterocycles. The zero-order chi connectivity index (χ0) is 17.9. The number of hydrogen-bond donors (Lipinski definition) is 0. The second-order valence-corrected chi connectivity index (χ2v) is 5.66. The Balaban J connectivity index is 0.000000521. The van der Waals surface area contributed by atoms with Gasteiger partial charge in [-0.25, -0.2) is 9.97 Å². The first-order valence-electron chi connectivity index (χ1n) is 8.41. The van der Waals surface area contributed by atoms with Crippen molar-refractivity contribution in [2.75, 3.05) is 6.61 Å². The fourth-order valence-electron chi connectivity index (χ4n) is 1.94. The van der Waals surface area contributed by atoms with Gasteiger partial charge >= 0.3 is 0 Å². The molecule has 0 saturated carbocycles. The van der Waals surface area contributed by atoms with E-state index < -0.39 is 0 Å². The number of ether oxygens (including phenoxy) is 1. The molecular weight excluding hydrogens is 366 g/mol. The summed E-state index contributed by atoms with van der Waals surface area (Å²) in [6.07, 6.45) is 4.80. The molecule has 0 unspecified atom stereocenters. The normalized spacial score (nSPS) is 9.58. The van der Waals surface area contributed by atoms with Crippen molar-refractivity contribution in [2.45, 2.75) is 41.0 Å². The van der Waals surface area contributed by atoms with Crippen LogP contribution in [0.3, 0.4) is 0 Å². The molecule has 130 valence electrons. The summed E-state index contributed by atoms with van der Waals surface area (Å²) in [5.74, 6) is 0.867. The Morgan fingerprint density at radius 1 is 1.04 bits per heavy atom. The van der Waals surface area contributed by atoms with Crippen LogP contribution in [0.1, 0.15) is 41.0 Å². The van der Waals surface area contributed by atoms with Crippen molar-refractivity contribution in [3.8, 4) is 11.4 Å². The summed E-state index contributed by atoms with van der Waals surface area (Å²) >= 11 is 3.40. The second kappa shape index (κ2) is 10.8. The van der Waals surface area contributed by atoms with Crippen LogP contribution in [0.2, 0.25) is 0 Å². The monoisotopic (exact) mass is 391 g/mol. The summed E-state index contributed by atoms with van der Waals surface area (Å²) < 4.78 is 8.32. The summed E-state index contributed by atoms with van der Waals surface area (Å²) in [5.41, 5.74) is 2.72. The summed E-state index contributed by atoms with van der Waals surface area (Å²) in [6, 6.07) is 9.84. The van der Waals surface area contributed by atoms with Gasteiger partial charge in [-0.2, -0.15) is 0 Å². The highest BCUT2D eigenvalue weighted by atomic mass is 79.9. The van der Waals surface area contributed by atoms with Gasteiger partial charge in [-0.1, -0.05) is 34.1 Å². The van der Waals surface area contributed by atoms with E-state index in [0.29, 0.717) is 6.61 Å². The molecule has 24 heavy (non-hydrogen) atoms. The molecule has 3 rings (SSSR count). The number of imidazole rings is 1. The fraction of sp³-hybridized carbons (Fsp3) is 0.368. The Morgan fingerprint density at radius 2 is 1.67 bits per heavy atom. The average molecular weight is 392 g/mol. The number of nitrogens with zero attached hydrogens (tertiary/aromatic N) is 3. The molecular formula is C19H26BrN3O. The molecule has 2 aromatic heterocycles. The molecule has 4 nitrogen and oxygen atoms in total. The van der Waals surface area contributed by atoms with Crippen LogP contribution in [0.15, 0.2) is 47.3 Å². The van der Waals surface area contributed by atoms with Crippen molar-refractivity contribution in [1.82, 2.24) is 14.5 Å². The fourth-order valence-corrected chi connectivity index (χ4v) is 2.25. The maximum atomic E-state index is 5.43. The second-order valence-electron chi connectivity index (χ2n) is 4.74. The van der Waals surface area contributed by atoms with E-state index in [0.717, 1.165) is 27.1 Å². The number of rotatable bonds is 3. The molecule has 0 atom stereocenters. The van der Waals surface area contributed by atoms with E-state index in [1.807, 2.05) is 55.7 Å². The molecule has 1 aromatic carbocycles. The zero-order valence-electron chi connectivity index (χ0n) is 15.1. The zero-order valence-corrected chi connectivity index (χ0v) is 16.7. The van der Waals surface area contributed by atoms with Crippen LogP contribution in [0.5, 0.6) is 5.75 Å². The minimum Gasteiger partial charge on any atom is -0.494 e. The first kappa shape index (κ1) is 20.2. The van der Waals surface area contributed by atoms with Gasteiger partial charge in [0.25, 0.3) is 0 Å². The van der Waals surface area contributed by atoms with Crippen molar-refractivity contribution in [1.29, 1.82) is 0 Å². The number of halogens is 1. The highest BCUT2D eigenvalue weighted by Crippen LogP contribution is 2.21. The maximum absolute atomic E-state index is 5.43. The minimum absolute atomic E-state index is 0.670. The standard InChI is InChI=1S/C14H12BrN3O.C3H8.C2H6/c1-2-19-12-5-3-11(4-6-12)18-9-17-13-7-10(15)8-16-14(13)18;1-3-2;1-2/h3-9H,2H2,1H3;3H2,1-2H3;1-2H3. The summed E-state index contributed by atoms with van der Waals surface area (Å²) in [6.45, 7) is 10.9. The van der Waals surface area contributed by atoms with E-state index in [-0.39, 0.29) is 0 Å². The predicted octanol–water partition coefficient (Wildman–Crippen LogP) is 6.02. The third-order valence-electron chi connectivity index (χ3n) is 2.78. The lowest BCUT2D eigenvalue weighted by Gasteiger charge is -2.06. The van der Waals surface area contributed by atoms with Crippen LogP contribution in [-0.4, -0.2) is 21.1 Å². The van der Waals surface area contributed by atoms with Gasteiger partial charge in [-0.05, 0) is 53.2 Å². The molecule has 0 spiro atoms. The molecule has 0 radical (unpaired) electrons. The number of hydrogen-bond acceptors (Lipinski definition) is 3. The summed E-state index contributed by atoms with van der Waals surface area (Å²) in [7, 11) is 0. The van der Waals surface area contributed by atoms with Gasteiger partial charge in [0.05, 0.1) is 6.61 Å². The molecule has 0 saturated heterocycles. The smallest absolute Gasteiger partial charge is 0.164 e. The first-order chi connectivity index (χ1) is 11.7. The minimum atomic E-state index is 0.670. The van der Waals surface area contributed by atoms with Gasteiger partial charge in [0.1, 0.15) is 17.6 Å². The van der Waals surface area contributed by atoms with Crippen LogP contribution < -0.4 is 4.74 Å². The van der Waals surface area contributed by atoms with Crippen molar-refractivity contribution in [3.05, 3.63) is 47.3 Å². The average Bonchev–Trinajstić information content (AvgIpc) is 3.01. The lowest BCUT2D eigenvalue weighted by molar-refractivity contribution is 0.340. The quantitative estimate of drug-likeness (QED) is 0.547. The van der Waals surface area contributed by atoms with E-state index in [1.165, 1.54) is 6.42 Å². The molecule has 0 aliphatic carbocycles. The van der Waals surface area contributed by atoms with Gasteiger partial charge in [0, 0.05) is 16.4 Å². The number of benzene rings is 1. The lowest BCUT2D eigenvalue weighted by atomic mass is 10.3. The van der Waals surface area contributed by atoms with Crippen molar-refractivity contribution in [2.24, 2.45) is 0 Å². The highest BCUT2D eigenvalue weighted by molar-refractivity contribution is 9.10. The van der Waals surface area contributed by atoms with E-state index in [4.69, 9.17) is 4.74 Å². The summed E-state index contributed by atoms with van der Waals surface area (Å²) in [5, 5.41) is 0. The van der Waals surface area contributed by atoms with Crippen LogP contribution >= 0.6 is 15.9 Å². The molecule has 0 N–H and O–H groups in total. The largest absolute Gasteiger partial charge is 0.494 e. The Kier molecular flexibility index (Phi) is 9.08. The molecule has 0 amide bonds. The van der Waals surface area contributed by atoms with Gasteiger partial charge in [-0.3, -0.25) is 4.57 Å². The summed E-state index contributed by atoms with van der Waals surface area (Å²) in [4.78, 5) is 8.75. The van der Waals surface area contributed by atoms with E-state index in [1.54, 1.807) is 12.5 Å². The van der Waals surface area contributed by atoms with Crippen LogP contribution in [0.25, 0.3) is 16.9 Å². The number of pyridine rings is 1. The van der Waals surface area contributed by atoms with Gasteiger partial charge in [0.15, 0.2) is 5.65 Å². The van der Waals surface area contributed by atoms with Crippen LogP contribution in [-0.2, 0) is 0 Å². The third kappa shape index (κ3) is 5.34. The number of fused-ring (bicyclic) bond motifs is 1. The van der Waals surface area contributed by atoms with Crippen LogP contribution in [0.4, 0.5) is 0 Å². The maximum Gasteiger partial charge on any atom is 0.164 e. The molecule has 0 aliphatic heterocycles. The van der Waals surface area contributed by atoms with Gasteiger partial charge < -0.3 is 4.74 Å². The van der Waals surface area contributed by atoms with E-state index >= 15 is 0 Å². The topological polar surface area (TPSA) is 39.9 Å². The highest BCUT2D eigenvalue weighted by Gasteiger charge is 2.06. The van der Waals surface area contributed by atoms with Gasteiger partial charge in [-0.15, -0.1) is 0 Å². The van der Waals surface area contributed by atoms with E-state index in [9.17, 15) is 0 Å². The molecule has 5 heteroatoms.